The van der Waals surface area contributed by atoms with Gasteiger partial charge in [0.15, 0.2) is 11.0 Å². The van der Waals surface area contributed by atoms with E-state index in [0.29, 0.717) is 5.76 Å². The molecular formula is C11H14ClNO2. The molecule has 0 unspecified atom stereocenters. The van der Waals surface area contributed by atoms with Crippen LogP contribution in [0.4, 0.5) is 0 Å². The third kappa shape index (κ3) is 2.02. The zero-order valence-corrected chi connectivity index (χ0v) is 9.43. The van der Waals surface area contributed by atoms with Crippen LogP contribution in [0.1, 0.15) is 43.2 Å². The van der Waals surface area contributed by atoms with E-state index in [1.807, 2.05) is 0 Å². The standard InChI is InChI=1S/C11H14ClNO2/c1-2-11(6-3-7-11)13-10(14)8-4-5-9(12)15-8/h4-5H,2-3,6-7H2,1H3,(H,13,14). The summed E-state index contributed by atoms with van der Waals surface area (Å²) in [6.45, 7) is 2.09. The van der Waals surface area contributed by atoms with Crippen LogP contribution in [-0.2, 0) is 0 Å². The molecule has 0 atom stereocenters. The molecule has 1 heterocycles. The van der Waals surface area contributed by atoms with Crippen molar-refractivity contribution in [1.29, 1.82) is 0 Å². The molecule has 1 aliphatic rings. The molecule has 0 radical (unpaired) electrons. The molecule has 1 aromatic rings. The Labute approximate surface area is 93.8 Å². The molecule has 0 aromatic carbocycles. The lowest BCUT2D eigenvalue weighted by Crippen LogP contribution is -2.52. The second kappa shape index (κ2) is 3.89. The van der Waals surface area contributed by atoms with Gasteiger partial charge in [-0.15, -0.1) is 0 Å². The van der Waals surface area contributed by atoms with Gasteiger partial charge in [-0.1, -0.05) is 6.92 Å². The van der Waals surface area contributed by atoms with Crippen molar-refractivity contribution >= 4 is 17.5 Å². The first-order chi connectivity index (χ1) is 7.15. The summed E-state index contributed by atoms with van der Waals surface area (Å²) in [6, 6.07) is 3.18. The average molecular weight is 228 g/mol. The smallest absolute Gasteiger partial charge is 0.287 e. The number of amides is 1. The topological polar surface area (TPSA) is 42.2 Å². The van der Waals surface area contributed by atoms with Crippen molar-refractivity contribution in [2.24, 2.45) is 0 Å². The van der Waals surface area contributed by atoms with Gasteiger partial charge in [0, 0.05) is 5.54 Å². The number of carbonyl (C=O) groups is 1. The third-order valence-corrected chi connectivity index (χ3v) is 3.37. The van der Waals surface area contributed by atoms with Gasteiger partial charge in [-0.25, -0.2) is 0 Å². The molecule has 1 fully saturated rings. The van der Waals surface area contributed by atoms with E-state index < -0.39 is 0 Å². The Morgan fingerprint density at radius 2 is 2.33 bits per heavy atom. The monoisotopic (exact) mass is 227 g/mol. The van der Waals surface area contributed by atoms with Gasteiger partial charge < -0.3 is 9.73 Å². The average Bonchev–Trinajstić information content (AvgIpc) is 2.58. The maximum absolute atomic E-state index is 11.8. The van der Waals surface area contributed by atoms with Crippen LogP contribution in [-0.4, -0.2) is 11.4 Å². The van der Waals surface area contributed by atoms with E-state index in [0.717, 1.165) is 19.3 Å². The van der Waals surface area contributed by atoms with Gasteiger partial charge in [0.2, 0.25) is 0 Å². The molecule has 4 heteroatoms. The van der Waals surface area contributed by atoms with Gasteiger partial charge in [-0.2, -0.15) is 0 Å². The van der Waals surface area contributed by atoms with E-state index in [2.05, 4.69) is 12.2 Å². The summed E-state index contributed by atoms with van der Waals surface area (Å²) < 4.78 is 5.06. The molecule has 1 saturated carbocycles. The Kier molecular flexibility index (Phi) is 2.74. The lowest BCUT2D eigenvalue weighted by atomic mass is 9.75. The Balaban J connectivity index is 2.03. The molecule has 1 N–H and O–H groups in total. The van der Waals surface area contributed by atoms with Gasteiger partial charge >= 0.3 is 0 Å². The van der Waals surface area contributed by atoms with Crippen LogP contribution in [0, 0.1) is 0 Å². The normalized spacial score (nSPS) is 18.3. The first-order valence-corrected chi connectivity index (χ1v) is 5.61. The summed E-state index contributed by atoms with van der Waals surface area (Å²) in [7, 11) is 0. The van der Waals surface area contributed by atoms with Crippen LogP contribution < -0.4 is 5.32 Å². The number of hydrogen-bond donors (Lipinski definition) is 1. The van der Waals surface area contributed by atoms with Crippen LogP contribution in [0.3, 0.4) is 0 Å². The number of furan rings is 1. The zero-order chi connectivity index (χ0) is 10.9. The van der Waals surface area contributed by atoms with E-state index in [4.69, 9.17) is 16.0 Å². The predicted molar refractivity (Wildman–Crippen MR) is 58.1 cm³/mol. The van der Waals surface area contributed by atoms with E-state index in [1.165, 1.54) is 6.42 Å². The van der Waals surface area contributed by atoms with Crippen molar-refractivity contribution in [2.45, 2.75) is 38.1 Å². The molecule has 82 valence electrons. The van der Waals surface area contributed by atoms with Crippen molar-refractivity contribution in [3.8, 4) is 0 Å². The highest BCUT2D eigenvalue weighted by Crippen LogP contribution is 2.34. The van der Waals surface area contributed by atoms with Gasteiger partial charge in [0.25, 0.3) is 5.91 Å². The summed E-state index contributed by atoms with van der Waals surface area (Å²) >= 11 is 5.61. The molecule has 3 nitrogen and oxygen atoms in total. The second-order valence-corrected chi connectivity index (χ2v) is 4.42. The van der Waals surface area contributed by atoms with Crippen molar-refractivity contribution in [2.75, 3.05) is 0 Å². The fraction of sp³-hybridized carbons (Fsp3) is 0.545. The largest absolute Gasteiger partial charge is 0.440 e. The van der Waals surface area contributed by atoms with Gasteiger partial charge in [0.1, 0.15) is 0 Å². The molecular weight excluding hydrogens is 214 g/mol. The molecule has 1 aliphatic carbocycles. The molecule has 0 saturated heterocycles. The zero-order valence-electron chi connectivity index (χ0n) is 8.68. The summed E-state index contributed by atoms with van der Waals surface area (Å²) in [5, 5.41) is 3.27. The summed E-state index contributed by atoms with van der Waals surface area (Å²) in [4.78, 5) is 11.8. The van der Waals surface area contributed by atoms with Crippen LogP contribution in [0.5, 0.6) is 0 Å². The fourth-order valence-electron chi connectivity index (χ4n) is 1.91. The van der Waals surface area contributed by atoms with Gasteiger partial charge in [-0.3, -0.25) is 4.79 Å². The number of rotatable bonds is 3. The first kappa shape index (κ1) is 10.6. The highest BCUT2D eigenvalue weighted by molar-refractivity contribution is 6.29. The van der Waals surface area contributed by atoms with E-state index in [9.17, 15) is 4.79 Å². The molecule has 1 amide bonds. The molecule has 0 bridgehead atoms. The minimum Gasteiger partial charge on any atom is -0.440 e. The minimum atomic E-state index is -0.163. The lowest BCUT2D eigenvalue weighted by molar-refractivity contribution is 0.0792. The predicted octanol–water partition coefficient (Wildman–Crippen LogP) is 3.00. The van der Waals surface area contributed by atoms with E-state index >= 15 is 0 Å². The molecule has 1 aromatic heterocycles. The van der Waals surface area contributed by atoms with Crippen molar-refractivity contribution in [3.05, 3.63) is 23.1 Å². The first-order valence-electron chi connectivity index (χ1n) is 5.23. The van der Waals surface area contributed by atoms with Crippen molar-refractivity contribution in [3.63, 3.8) is 0 Å². The fourth-order valence-corrected chi connectivity index (χ4v) is 2.06. The van der Waals surface area contributed by atoms with Gasteiger partial charge in [0.05, 0.1) is 0 Å². The summed E-state index contributed by atoms with van der Waals surface area (Å²) in [5.41, 5.74) is -0.00362. The summed E-state index contributed by atoms with van der Waals surface area (Å²) in [6.07, 6.45) is 4.27. The van der Waals surface area contributed by atoms with Crippen LogP contribution in [0.2, 0.25) is 5.22 Å². The lowest BCUT2D eigenvalue weighted by Gasteiger charge is -2.41. The Morgan fingerprint density at radius 1 is 1.60 bits per heavy atom. The third-order valence-electron chi connectivity index (χ3n) is 3.16. The maximum atomic E-state index is 11.8. The Hall–Kier alpha value is -0.960. The maximum Gasteiger partial charge on any atom is 0.287 e. The van der Waals surface area contributed by atoms with Crippen LogP contribution >= 0.6 is 11.6 Å². The van der Waals surface area contributed by atoms with Crippen molar-refractivity contribution in [1.82, 2.24) is 5.32 Å². The minimum absolute atomic E-state index is 0.00362. The number of nitrogens with one attached hydrogen (secondary N) is 1. The number of hydrogen-bond acceptors (Lipinski definition) is 2. The quantitative estimate of drug-likeness (QED) is 0.863. The summed E-state index contributed by atoms with van der Waals surface area (Å²) in [5.74, 6) is 0.128. The highest BCUT2D eigenvalue weighted by atomic mass is 35.5. The van der Waals surface area contributed by atoms with E-state index in [1.54, 1.807) is 12.1 Å². The Bertz CT molecular complexity index is 363. The van der Waals surface area contributed by atoms with Crippen molar-refractivity contribution < 1.29 is 9.21 Å². The second-order valence-electron chi connectivity index (χ2n) is 4.05. The van der Waals surface area contributed by atoms with Gasteiger partial charge in [-0.05, 0) is 49.4 Å². The molecule has 15 heavy (non-hydrogen) atoms. The number of halogens is 1. The SMILES string of the molecule is CCC1(NC(=O)c2ccc(Cl)o2)CCC1. The van der Waals surface area contributed by atoms with Crippen LogP contribution in [0.25, 0.3) is 0 Å². The molecule has 0 spiro atoms. The number of carbonyl (C=O) groups excluding carboxylic acids is 1. The highest BCUT2D eigenvalue weighted by Gasteiger charge is 2.37. The van der Waals surface area contributed by atoms with E-state index in [-0.39, 0.29) is 16.7 Å². The molecule has 2 rings (SSSR count). The van der Waals surface area contributed by atoms with Crippen LogP contribution in [0.15, 0.2) is 16.5 Å². The Morgan fingerprint density at radius 3 is 2.73 bits per heavy atom. The molecule has 0 aliphatic heterocycles.